The molecule has 0 aromatic carbocycles. The summed E-state index contributed by atoms with van der Waals surface area (Å²) in [7, 11) is 1.84. The second-order valence-electron chi connectivity index (χ2n) is 6.24. The van der Waals surface area contributed by atoms with Crippen LogP contribution in [0.3, 0.4) is 0 Å². The van der Waals surface area contributed by atoms with Crippen molar-refractivity contribution in [1.29, 1.82) is 0 Å². The molecule has 20 heavy (non-hydrogen) atoms. The second-order valence-corrected chi connectivity index (χ2v) is 6.24. The topological polar surface area (TPSA) is 39.7 Å². The largest absolute Gasteiger partial charge is 0.356 e. The second kappa shape index (κ2) is 9.82. The van der Waals surface area contributed by atoms with Crippen molar-refractivity contribution in [3.63, 3.8) is 0 Å². The van der Waals surface area contributed by atoms with E-state index in [9.17, 15) is 0 Å². The predicted octanol–water partition coefficient (Wildman–Crippen LogP) is 2.69. The highest BCUT2D eigenvalue weighted by Gasteiger charge is 2.33. The molecular weight excluding hydrogens is 363 g/mol. The monoisotopic (exact) mass is 396 g/mol. The van der Waals surface area contributed by atoms with E-state index < -0.39 is 0 Å². The van der Waals surface area contributed by atoms with Gasteiger partial charge in [-0.25, -0.2) is 0 Å². The Balaban J connectivity index is 0.00000361. The first kappa shape index (κ1) is 20.0. The zero-order chi connectivity index (χ0) is 14.4. The van der Waals surface area contributed by atoms with Crippen LogP contribution in [0.2, 0.25) is 0 Å². The number of halogens is 1. The van der Waals surface area contributed by atoms with E-state index in [1.165, 1.54) is 6.42 Å². The van der Waals surface area contributed by atoms with Crippen molar-refractivity contribution in [2.75, 3.05) is 20.1 Å². The number of hydrogen-bond acceptors (Lipinski definition) is 2. The SMILES string of the molecule is CN=C(NCCCN(C(C)C)C(C)C)NC1CC1C.I. The summed E-state index contributed by atoms with van der Waals surface area (Å²) in [6.45, 7) is 13.5. The fourth-order valence-corrected chi connectivity index (χ4v) is 2.47. The minimum Gasteiger partial charge on any atom is -0.356 e. The fraction of sp³-hybridized carbons (Fsp3) is 0.933. The highest BCUT2D eigenvalue weighted by atomic mass is 127. The van der Waals surface area contributed by atoms with Crippen LogP contribution in [0.15, 0.2) is 4.99 Å². The molecule has 1 aliphatic carbocycles. The maximum atomic E-state index is 4.27. The molecule has 2 N–H and O–H groups in total. The minimum atomic E-state index is 0. The van der Waals surface area contributed by atoms with Crippen molar-refractivity contribution in [2.45, 2.75) is 65.6 Å². The van der Waals surface area contributed by atoms with E-state index in [4.69, 9.17) is 0 Å². The molecule has 0 spiro atoms. The molecule has 0 saturated heterocycles. The van der Waals surface area contributed by atoms with Crippen molar-refractivity contribution >= 4 is 29.9 Å². The Morgan fingerprint density at radius 1 is 1.25 bits per heavy atom. The molecule has 0 aliphatic heterocycles. The standard InChI is InChI=1S/C15H32N4.HI/c1-11(2)19(12(3)4)9-7-8-17-15(16-6)18-14-10-13(14)5;/h11-14H,7-10H2,1-6H3,(H2,16,17,18);1H. The van der Waals surface area contributed by atoms with Crippen LogP contribution in [0.1, 0.15) is 47.5 Å². The van der Waals surface area contributed by atoms with Gasteiger partial charge in [-0.2, -0.15) is 0 Å². The summed E-state index contributed by atoms with van der Waals surface area (Å²) in [5, 5.41) is 6.86. The lowest BCUT2D eigenvalue weighted by atomic mass is 10.2. The van der Waals surface area contributed by atoms with E-state index in [0.29, 0.717) is 18.1 Å². The van der Waals surface area contributed by atoms with Gasteiger partial charge >= 0.3 is 0 Å². The van der Waals surface area contributed by atoms with Gasteiger partial charge in [0.1, 0.15) is 0 Å². The van der Waals surface area contributed by atoms with Gasteiger partial charge in [0.25, 0.3) is 0 Å². The maximum Gasteiger partial charge on any atom is 0.191 e. The summed E-state index contributed by atoms with van der Waals surface area (Å²) in [4.78, 5) is 6.80. The first-order valence-corrected chi connectivity index (χ1v) is 7.68. The van der Waals surface area contributed by atoms with Gasteiger partial charge in [0.15, 0.2) is 5.96 Å². The molecule has 1 aliphatic rings. The lowest BCUT2D eigenvalue weighted by Gasteiger charge is -2.30. The number of nitrogens with zero attached hydrogens (tertiary/aromatic N) is 2. The summed E-state index contributed by atoms with van der Waals surface area (Å²) in [5.41, 5.74) is 0. The fourth-order valence-electron chi connectivity index (χ4n) is 2.47. The molecule has 1 saturated carbocycles. The first-order valence-electron chi connectivity index (χ1n) is 7.68. The molecule has 1 rings (SSSR count). The predicted molar refractivity (Wildman–Crippen MR) is 99.1 cm³/mol. The number of nitrogens with one attached hydrogen (secondary N) is 2. The van der Waals surface area contributed by atoms with E-state index >= 15 is 0 Å². The van der Waals surface area contributed by atoms with Gasteiger partial charge in [0, 0.05) is 38.3 Å². The van der Waals surface area contributed by atoms with Gasteiger partial charge in [0.2, 0.25) is 0 Å². The summed E-state index contributed by atoms with van der Waals surface area (Å²) < 4.78 is 0. The van der Waals surface area contributed by atoms with Crippen LogP contribution in [0, 0.1) is 5.92 Å². The molecule has 0 aromatic heterocycles. The average Bonchev–Trinajstić information content (AvgIpc) is 3.02. The van der Waals surface area contributed by atoms with Crippen LogP contribution >= 0.6 is 24.0 Å². The van der Waals surface area contributed by atoms with Gasteiger partial charge in [-0.15, -0.1) is 24.0 Å². The minimum absolute atomic E-state index is 0. The highest BCUT2D eigenvalue weighted by molar-refractivity contribution is 14.0. The maximum absolute atomic E-state index is 4.27. The number of aliphatic imine (C=N–C) groups is 1. The molecule has 5 heteroatoms. The Kier molecular flexibility index (Phi) is 9.80. The van der Waals surface area contributed by atoms with Crippen molar-refractivity contribution in [2.24, 2.45) is 10.9 Å². The Bertz CT molecular complexity index is 284. The zero-order valence-electron chi connectivity index (χ0n) is 13.9. The summed E-state index contributed by atoms with van der Waals surface area (Å²) in [6.07, 6.45) is 2.42. The molecule has 120 valence electrons. The molecule has 0 bridgehead atoms. The van der Waals surface area contributed by atoms with Gasteiger partial charge in [-0.1, -0.05) is 6.92 Å². The van der Waals surface area contributed by atoms with Crippen molar-refractivity contribution < 1.29 is 0 Å². The van der Waals surface area contributed by atoms with Crippen LogP contribution in [0.5, 0.6) is 0 Å². The van der Waals surface area contributed by atoms with E-state index in [2.05, 4.69) is 55.1 Å². The Hall–Kier alpha value is -0.0400. The van der Waals surface area contributed by atoms with Crippen LogP contribution < -0.4 is 10.6 Å². The smallest absolute Gasteiger partial charge is 0.191 e. The van der Waals surface area contributed by atoms with Crippen LogP contribution in [-0.2, 0) is 0 Å². The quantitative estimate of drug-likeness (QED) is 0.301. The molecule has 0 amide bonds. The van der Waals surface area contributed by atoms with Gasteiger partial charge in [0.05, 0.1) is 0 Å². The summed E-state index contributed by atoms with van der Waals surface area (Å²) in [6, 6.07) is 1.86. The molecule has 4 nitrogen and oxygen atoms in total. The van der Waals surface area contributed by atoms with Gasteiger partial charge in [-0.3, -0.25) is 9.89 Å². The molecule has 2 atom stereocenters. The number of rotatable bonds is 7. The van der Waals surface area contributed by atoms with E-state index in [1.807, 2.05) is 7.05 Å². The molecule has 2 unspecified atom stereocenters. The normalized spacial score (nSPS) is 22.1. The highest BCUT2D eigenvalue weighted by Crippen LogP contribution is 2.28. The Labute approximate surface area is 142 Å². The van der Waals surface area contributed by atoms with Crippen LogP contribution in [0.4, 0.5) is 0 Å². The first-order chi connectivity index (χ1) is 8.95. The average molecular weight is 396 g/mol. The van der Waals surface area contributed by atoms with Gasteiger partial charge in [-0.05, 0) is 46.5 Å². The summed E-state index contributed by atoms with van der Waals surface area (Å²) >= 11 is 0. The molecule has 0 heterocycles. The van der Waals surface area contributed by atoms with Crippen LogP contribution in [0.25, 0.3) is 0 Å². The lowest BCUT2D eigenvalue weighted by Crippen LogP contribution is -2.42. The zero-order valence-corrected chi connectivity index (χ0v) is 16.3. The summed E-state index contributed by atoms with van der Waals surface area (Å²) in [5.74, 6) is 1.76. The third-order valence-electron chi connectivity index (χ3n) is 3.87. The molecular formula is C15H33IN4. The van der Waals surface area contributed by atoms with Crippen molar-refractivity contribution in [1.82, 2.24) is 15.5 Å². The lowest BCUT2D eigenvalue weighted by molar-refractivity contribution is 0.173. The number of guanidine groups is 1. The van der Waals surface area contributed by atoms with Crippen molar-refractivity contribution in [3.8, 4) is 0 Å². The molecule has 0 aromatic rings. The number of hydrogen-bond donors (Lipinski definition) is 2. The van der Waals surface area contributed by atoms with E-state index in [-0.39, 0.29) is 24.0 Å². The molecule has 1 fully saturated rings. The van der Waals surface area contributed by atoms with Crippen molar-refractivity contribution in [3.05, 3.63) is 0 Å². The molecule has 0 radical (unpaired) electrons. The third-order valence-corrected chi connectivity index (χ3v) is 3.87. The van der Waals surface area contributed by atoms with Gasteiger partial charge < -0.3 is 10.6 Å². The Morgan fingerprint density at radius 3 is 2.20 bits per heavy atom. The van der Waals surface area contributed by atoms with E-state index in [1.54, 1.807) is 0 Å². The Morgan fingerprint density at radius 2 is 1.80 bits per heavy atom. The van der Waals surface area contributed by atoms with E-state index in [0.717, 1.165) is 31.4 Å². The third kappa shape index (κ3) is 7.11. The van der Waals surface area contributed by atoms with Crippen LogP contribution in [-0.4, -0.2) is 49.1 Å².